The monoisotopic (exact) mass is 335 g/mol. The van der Waals surface area contributed by atoms with Crippen LogP contribution in [0.4, 0.5) is 0 Å². The van der Waals surface area contributed by atoms with Crippen LogP contribution in [-0.2, 0) is 6.42 Å². The van der Waals surface area contributed by atoms with E-state index in [0.29, 0.717) is 11.3 Å². The Hall–Kier alpha value is -2.93. The Kier molecular flexibility index (Phi) is 4.95. The minimum absolute atomic E-state index is 0.132. The average molecular weight is 335 g/mol. The number of para-hydroxylation sites is 1. The van der Waals surface area contributed by atoms with Gasteiger partial charge in [0.1, 0.15) is 12.2 Å². The van der Waals surface area contributed by atoms with Crippen LogP contribution in [0.2, 0.25) is 0 Å². The molecule has 25 heavy (non-hydrogen) atoms. The van der Waals surface area contributed by atoms with Crippen molar-refractivity contribution in [1.82, 2.24) is 5.32 Å². The maximum Gasteiger partial charge on any atom is 0.252 e. The summed E-state index contributed by atoms with van der Waals surface area (Å²) in [4.78, 5) is 11.9. The van der Waals surface area contributed by atoms with Crippen LogP contribution < -0.4 is 14.8 Å². The van der Waals surface area contributed by atoms with Crippen LogP contribution in [-0.4, -0.2) is 24.7 Å². The molecular formula is C21H21NO3. The van der Waals surface area contributed by atoms with Crippen molar-refractivity contribution in [1.29, 1.82) is 0 Å². The van der Waals surface area contributed by atoms with Crippen molar-refractivity contribution in [3.05, 3.63) is 59.7 Å². The number of amides is 1. The van der Waals surface area contributed by atoms with Gasteiger partial charge in [-0.05, 0) is 32.0 Å². The number of carbonyl (C=O) groups is 1. The summed E-state index contributed by atoms with van der Waals surface area (Å²) in [7, 11) is 0. The molecule has 0 saturated carbocycles. The molecule has 0 aromatic heterocycles. The predicted molar refractivity (Wildman–Crippen MR) is 96.9 cm³/mol. The molecule has 0 unspecified atom stereocenters. The highest BCUT2D eigenvalue weighted by molar-refractivity contribution is 5.94. The molecule has 0 radical (unpaired) electrons. The minimum Gasteiger partial charge on any atom is -0.483 e. The van der Waals surface area contributed by atoms with Crippen molar-refractivity contribution in [3.63, 3.8) is 0 Å². The predicted octanol–water partition coefficient (Wildman–Crippen LogP) is 3.21. The first kappa shape index (κ1) is 16.9. The molecule has 1 aliphatic rings. The Balaban J connectivity index is 1.48. The standard InChI is InChI=1S/C21H21NO3/c1-21(2)15-17-11-8-12-18(19(17)25-21)24-14-7-6-13-22-20(23)16-9-4-3-5-10-16/h3-5,8-12H,13-15H2,1-2H3,(H,22,23). The lowest BCUT2D eigenvalue weighted by Crippen LogP contribution is -2.24. The van der Waals surface area contributed by atoms with Crippen molar-refractivity contribution in [3.8, 4) is 23.3 Å². The lowest BCUT2D eigenvalue weighted by atomic mass is 10.0. The van der Waals surface area contributed by atoms with Gasteiger partial charge in [0.2, 0.25) is 0 Å². The zero-order valence-electron chi connectivity index (χ0n) is 14.5. The number of rotatable bonds is 4. The normalized spacial score (nSPS) is 13.8. The van der Waals surface area contributed by atoms with Gasteiger partial charge in [0, 0.05) is 17.5 Å². The molecule has 1 N–H and O–H groups in total. The van der Waals surface area contributed by atoms with E-state index >= 15 is 0 Å². The number of hydrogen-bond donors (Lipinski definition) is 1. The van der Waals surface area contributed by atoms with Crippen LogP contribution >= 0.6 is 0 Å². The van der Waals surface area contributed by atoms with Crippen LogP contribution in [0, 0.1) is 11.8 Å². The van der Waals surface area contributed by atoms with E-state index in [1.807, 2.05) is 30.3 Å². The second-order valence-electron chi connectivity index (χ2n) is 6.47. The molecule has 3 rings (SSSR count). The van der Waals surface area contributed by atoms with Crippen molar-refractivity contribution < 1.29 is 14.3 Å². The van der Waals surface area contributed by atoms with E-state index in [0.717, 1.165) is 17.7 Å². The van der Waals surface area contributed by atoms with Gasteiger partial charge < -0.3 is 14.8 Å². The summed E-state index contributed by atoms with van der Waals surface area (Å²) in [6, 6.07) is 15.0. The van der Waals surface area contributed by atoms with Gasteiger partial charge in [-0.1, -0.05) is 42.2 Å². The van der Waals surface area contributed by atoms with Gasteiger partial charge in [-0.25, -0.2) is 0 Å². The van der Waals surface area contributed by atoms with E-state index in [-0.39, 0.29) is 24.7 Å². The highest BCUT2D eigenvalue weighted by atomic mass is 16.5. The van der Waals surface area contributed by atoms with Crippen LogP contribution in [0.5, 0.6) is 11.5 Å². The van der Waals surface area contributed by atoms with Crippen LogP contribution in [0.15, 0.2) is 48.5 Å². The molecule has 0 spiro atoms. The Morgan fingerprint density at radius 2 is 1.96 bits per heavy atom. The third kappa shape index (κ3) is 4.33. The van der Waals surface area contributed by atoms with E-state index in [1.165, 1.54) is 0 Å². The molecule has 0 bridgehead atoms. The number of benzene rings is 2. The Morgan fingerprint density at radius 1 is 1.16 bits per heavy atom. The first-order valence-electron chi connectivity index (χ1n) is 8.28. The van der Waals surface area contributed by atoms with E-state index in [2.05, 4.69) is 37.1 Å². The van der Waals surface area contributed by atoms with Crippen molar-refractivity contribution in [2.24, 2.45) is 0 Å². The van der Waals surface area contributed by atoms with Crippen molar-refractivity contribution >= 4 is 5.91 Å². The molecule has 0 saturated heterocycles. The molecule has 2 aromatic carbocycles. The third-order valence-electron chi connectivity index (χ3n) is 3.85. The first-order valence-corrected chi connectivity index (χ1v) is 8.28. The lowest BCUT2D eigenvalue weighted by Gasteiger charge is -2.17. The fourth-order valence-corrected chi connectivity index (χ4v) is 2.74. The minimum atomic E-state index is -0.199. The molecule has 1 aliphatic heterocycles. The Bertz CT molecular complexity index is 816. The van der Waals surface area contributed by atoms with Crippen LogP contribution in [0.25, 0.3) is 0 Å². The maximum atomic E-state index is 11.9. The van der Waals surface area contributed by atoms with Gasteiger partial charge in [0.25, 0.3) is 5.91 Å². The molecule has 4 heteroatoms. The molecular weight excluding hydrogens is 314 g/mol. The van der Waals surface area contributed by atoms with Crippen LogP contribution in [0.1, 0.15) is 29.8 Å². The topological polar surface area (TPSA) is 47.6 Å². The SMILES string of the molecule is CC1(C)Cc2cccc(OCC#CCNC(=O)c3ccccc3)c2O1. The molecule has 0 aliphatic carbocycles. The Morgan fingerprint density at radius 3 is 2.76 bits per heavy atom. The fourth-order valence-electron chi connectivity index (χ4n) is 2.74. The zero-order chi connectivity index (χ0) is 17.7. The summed E-state index contributed by atoms with van der Waals surface area (Å²) in [5.41, 5.74) is 1.58. The largest absolute Gasteiger partial charge is 0.483 e. The number of fused-ring (bicyclic) bond motifs is 1. The molecule has 0 atom stereocenters. The van der Waals surface area contributed by atoms with Gasteiger partial charge in [0.15, 0.2) is 11.5 Å². The smallest absolute Gasteiger partial charge is 0.252 e. The zero-order valence-corrected chi connectivity index (χ0v) is 14.5. The molecule has 128 valence electrons. The second kappa shape index (κ2) is 7.31. The Labute approximate surface area is 148 Å². The number of carbonyl (C=O) groups excluding carboxylic acids is 1. The highest BCUT2D eigenvalue weighted by Gasteiger charge is 2.32. The van der Waals surface area contributed by atoms with Gasteiger partial charge in [-0.2, -0.15) is 0 Å². The summed E-state index contributed by atoms with van der Waals surface area (Å²) in [6.45, 7) is 4.66. The summed E-state index contributed by atoms with van der Waals surface area (Å²) in [5, 5.41) is 2.76. The van der Waals surface area contributed by atoms with E-state index < -0.39 is 0 Å². The van der Waals surface area contributed by atoms with Gasteiger partial charge in [-0.3, -0.25) is 4.79 Å². The lowest BCUT2D eigenvalue weighted by molar-refractivity contribution is 0.0958. The third-order valence-corrected chi connectivity index (χ3v) is 3.85. The number of ether oxygens (including phenoxy) is 2. The average Bonchev–Trinajstić information content (AvgIpc) is 2.93. The molecule has 4 nitrogen and oxygen atoms in total. The highest BCUT2D eigenvalue weighted by Crippen LogP contribution is 2.41. The van der Waals surface area contributed by atoms with Gasteiger partial charge in [-0.15, -0.1) is 0 Å². The van der Waals surface area contributed by atoms with Crippen LogP contribution in [0.3, 0.4) is 0 Å². The molecule has 1 heterocycles. The summed E-state index contributed by atoms with van der Waals surface area (Å²) in [6.07, 6.45) is 0.872. The maximum absolute atomic E-state index is 11.9. The fraction of sp³-hybridized carbons (Fsp3) is 0.286. The second-order valence-corrected chi connectivity index (χ2v) is 6.47. The van der Waals surface area contributed by atoms with Gasteiger partial charge in [0.05, 0.1) is 6.54 Å². The number of nitrogens with one attached hydrogen (secondary N) is 1. The number of hydrogen-bond acceptors (Lipinski definition) is 3. The van der Waals surface area contributed by atoms with Crippen molar-refractivity contribution in [2.75, 3.05) is 13.2 Å². The quantitative estimate of drug-likeness (QED) is 0.873. The van der Waals surface area contributed by atoms with E-state index in [9.17, 15) is 4.79 Å². The van der Waals surface area contributed by atoms with E-state index in [1.54, 1.807) is 12.1 Å². The molecule has 1 amide bonds. The molecule has 0 fully saturated rings. The van der Waals surface area contributed by atoms with E-state index in [4.69, 9.17) is 9.47 Å². The summed E-state index contributed by atoms with van der Waals surface area (Å²) >= 11 is 0. The van der Waals surface area contributed by atoms with Crippen molar-refractivity contribution in [2.45, 2.75) is 25.9 Å². The summed E-state index contributed by atoms with van der Waals surface area (Å²) in [5.74, 6) is 7.20. The summed E-state index contributed by atoms with van der Waals surface area (Å²) < 4.78 is 11.7. The molecule has 2 aromatic rings. The first-order chi connectivity index (χ1) is 12.1. The van der Waals surface area contributed by atoms with Gasteiger partial charge >= 0.3 is 0 Å².